The van der Waals surface area contributed by atoms with Gasteiger partial charge in [0.25, 0.3) is 0 Å². The molecule has 0 atom stereocenters. The van der Waals surface area contributed by atoms with E-state index >= 15 is 0 Å². The van der Waals surface area contributed by atoms with Crippen molar-refractivity contribution in [2.75, 3.05) is 17.2 Å². The predicted octanol–water partition coefficient (Wildman–Crippen LogP) is 2.59. The number of fused-ring (bicyclic) bond motifs is 1. The van der Waals surface area contributed by atoms with Crippen LogP contribution in [-0.2, 0) is 6.42 Å². The number of nitrogens with zero attached hydrogens (tertiary/aromatic N) is 3. The number of nitrogens with one attached hydrogen (secondary N) is 2. The standard InChI is InChI=1S/C15H13N5/c1-10-4-5-11-3-2-6-19-15(11)14(10)20-13(9-18)12(7-16)8-17/h4-5,19-20H,2-3,6H2,1H3. The van der Waals surface area contributed by atoms with E-state index in [1.807, 2.05) is 19.1 Å². The van der Waals surface area contributed by atoms with E-state index in [4.69, 9.17) is 15.8 Å². The molecule has 1 aliphatic rings. The van der Waals surface area contributed by atoms with Gasteiger partial charge in [0.15, 0.2) is 5.57 Å². The first kappa shape index (κ1) is 13.5. The fourth-order valence-electron chi connectivity index (χ4n) is 2.22. The van der Waals surface area contributed by atoms with Crippen molar-refractivity contribution in [3.63, 3.8) is 0 Å². The minimum absolute atomic E-state index is 0.0149. The van der Waals surface area contributed by atoms with E-state index in [0.29, 0.717) is 0 Å². The molecule has 20 heavy (non-hydrogen) atoms. The van der Waals surface area contributed by atoms with Crippen LogP contribution in [0.5, 0.6) is 0 Å². The van der Waals surface area contributed by atoms with Crippen molar-refractivity contribution >= 4 is 11.4 Å². The lowest BCUT2D eigenvalue weighted by atomic mass is 9.99. The van der Waals surface area contributed by atoms with Gasteiger partial charge in [-0.15, -0.1) is 0 Å². The first-order chi connectivity index (χ1) is 9.71. The smallest absolute Gasteiger partial charge is 0.163 e. The lowest BCUT2D eigenvalue weighted by molar-refractivity contribution is 0.830. The highest BCUT2D eigenvalue weighted by Crippen LogP contribution is 2.34. The van der Waals surface area contributed by atoms with Crippen molar-refractivity contribution in [2.45, 2.75) is 19.8 Å². The molecule has 0 fully saturated rings. The maximum Gasteiger partial charge on any atom is 0.163 e. The van der Waals surface area contributed by atoms with Crippen molar-refractivity contribution in [1.29, 1.82) is 15.8 Å². The molecule has 1 heterocycles. The Morgan fingerprint density at radius 2 is 1.95 bits per heavy atom. The van der Waals surface area contributed by atoms with E-state index in [0.717, 1.165) is 36.3 Å². The number of nitriles is 3. The number of hydrogen-bond acceptors (Lipinski definition) is 5. The second kappa shape index (κ2) is 5.78. The summed E-state index contributed by atoms with van der Waals surface area (Å²) in [5.41, 5.74) is 3.64. The van der Waals surface area contributed by atoms with Crippen LogP contribution in [0.15, 0.2) is 23.4 Å². The van der Waals surface area contributed by atoms with E-state index in [1.54, 1.807) is 12.1 Å². The van der Waals surface area contributed by atoms with Crippen LogP contribution in [0.1, 0.15) is 17.5 Å². The second-order valence-electron chi connectivity index (χ2n) is 4.53. The first-order valence-corrected chi connectivity index (χ1v) is 6.29. The molecule has 0 saturated heterocycles. The third-order valence-electron chi connectivity index (χ3n) is 3.26. The van der Waals surface area contributed by atoms with Crippen LogP contribution >= 0.6 is 0 Å². The Kier molecular flexibility index (Phi) is 3.89. The first-order valence-electron chi connectivity index (χ1n) is 6.29. The summed E-state index contributed by atoms with van der Waals surface area (Å²) in [4.78, 5) is 0. The SMILES string of the molecule is Cc1ccc2c(c1NC(C#N)=C(C#N)C#N)NCCC2. The molecule has 0 unspecified atom stereocenters. The topological polar surface area (TPSA) is 95.4 Å². The fourth-order valence-corrected chi connectivity index (χ4v) is 2.22. The van der Waals surface area contributed by atoms with Crippen LogP contribution in [0.25, 0.3) is 0 Å². The summed E-state index contributed by atoms with van der Waals surface area (Å²) < 4.78 is 0. The van der Waals surface area contributed by atoms with Crippen LogP contribution in [0.2, 0.25) is 0 Å². The van der Waals surface area contributed by atoms with Gasteiger partial charge < -0.3 is 10.6 Å². The van der Waals surface area contributed by atoms with Gasteiger partial charge in [0.2, 0.25) is 0 Å². The molecular weight excluding hydrogens is 250 g/mol. The largest absolute Gasteiger partial charge is 0.383 e. The van der Waals surface area contributed by atoms with Crippen LogP contribution in [0.3, 0.4) is 0 Å². The lowest BCUT2D eigenvalue weighted by Crippen LogP contribution is -2.15. The summed E-state index contributed by atoms with van der Waals surface area (Å²) >= 11 is 0. The van der Waals surface area contributed by atoms with Crippen molar-refractivity contribution in [1.82, 2.24) is 0 Å². The maximum atomic E-state index is 9.12. The van der Waals surface area contributed by atoms with Crippen LogP contribution in [0.4, 0.5) is 11.4 Å². The van der Waals surface area contributed by atoms with Gasteiger partial charge in [-0.05, 0) is 30.9 Å². The number of allylic oxidation sites excluding steroid dienone is 2. The minimum Gasteiger partial charge on any atom is -0.383 e. The Balaban J connectivity index is 2.50. The molecule has 2 rings (SSSR count). The third-order valence-corrected chi connectivity index (χ3v) is 3.26. The number of hydrogen-bond donors (Lipinski definition) is 2. The van der Waals surface area contributed by atoms with Gasteiger partial charge in [0, 0.05) is 6.54 Å². The second-order valence-corrected chi connectivity index (χ2v) is 4.53. The molecule has 2 N–H and O–H groups in total. The van der Waals surface area contributed by atoms with Gasteiger partial charge in [-0.3, -0.25) is 0 Å². The van der Waals surface area contributed by atoms with E-state index in [9.17, 15) is 0 Å². The molecule has 0 spiro atoms. The molecule has 0 bridgehead atoms. The molecular formula is C15H13N5. The fraction of sp³-hybridized carbons (Fsp3) is 0.267. The molecule has 1 aliphatic heterocycles. The van der Waals surface area contributed by atoms with E-state index in [2.05, 4.69) is 16.7 Å². The van der Waals surface area contributed by atoms with Crippen molar-refractivity contribution in [2.24, 2.45) is 0 Å². The molecule has 0 aliphatic carbocycles. The Morgan fingerprint density at radius 1 is 1.20 bits per heavy atom. The summed E-state index contributed by atoms with van der Waals surface area (Å²) in [5.74, 6) is 0. The van der Waals surface area contributed by atoms with Crippen molar-refractivity contribution < 1.29 is 0 Å². The molecule has 0 amide bonds. The van der Waals surface area contributed by atoms with Crippen LogP contribution in [-0.4, -0.2) is 6.54 Å². The summed E-state index contributed by atoms with van der Waals surface area (Å²) in [6.45, 7) is 2.80. The van der Waals surface area contributed by atoms with E-state index < -0.39 is 0 Å². The molecule has 5 heteroatoms. The monoisotopic (exact) mass is 263 g/mol. The highest BCUT2D eigenvalue weighted by Gasteiger charge is 2.16. The normalized spacial score (nSPS) is 11.9. The number of benzene rings is 1. The Labute approximate surface area is 117 Å². The quantitative estimate of drug-likeness (QED) is 0.799. The minimum atomic E-state index is -0.208. The zero-order valence-electron chi connectivity index (χ0n) is 11.1. The Morgan fingerprint density at radius 3 is 2.60 bits per heavy atom. The highest BCUT2D eigenvalue weighted by atomic mass is 15.0. The predicted molar refractivity (Wildman–Crippen MR) is 75.5 cm³/mol. The van der Waals surface area contributed by atoms with E-state index in [1.165, 1.54) is 5.56 Å². The van der Waals surface area contributed by atoms with Gasteiger partial charge >= 0.3 is 0 Å². The van der Waals surface area contributed by atoms with Crippen LogP contribution in [0, 0.1) is 40.9 Å². The summed E-state index contributed by atoms with van der Waals surface area (Å²) in [5, 5.41) is 33.1. The van der Waals surface area contributed by atoms with Crippen molar-refractivity contribution in [3.05, 3.63) is 34.5 Å². The van der Waals surface area contributed by atoms with Crippen LogP contribution < -0.4 is 10.6 Å². The van der Waals surface area contributed by atoms with E-state index in [-0.39, 0.29) is 11.3 Å². The molecule has 0 aromatic heterocycles. The Hall–Kier alpha value is -2.97. The summed E-state index contributed by atoms with van der Waals surface area (Å²) in [6.07, 6.45) is 2.05. The number of aryl methyl sites for hydroxylation is 2. The molecule has 0 radical (unpaired) electrons. The average Bonchev–Trinajstić information content (AvgIpc) is 2.49. The van der Waals surface area contributed by atoms with Gasteiger partial charge in [-0.1, -0.05) is 12.1 Å². The van der Waals surface area contributed by atoms with Crippen molar-refractivity contribution in [3.8, 4) is 18.2 Å². The van der Waals surface area contributed by atoms with Gasteiger partial charge in [0.1, 0.15) is 23.9 Å². The van der Waals surface area contributed by atoms with Gasteiger partial charge in [-0.25, -0.2) is 0 Å². The zero-order valence-corrected chi connectivity index (χ0v) is 11.1. The Bertz CT molecular complexity index is 679. The molecule has 1 aromatic carbocycles. The summed E-state index contributed by atoms with van der Waals surface area (Å²) in [7, 11) is 0. The lowest BCUT2D eigenvalue weighted by Gasteiger charge is -2.23. The molecule has 98 valence electrons. The average molecular weight is 263 g/mol. The zero-order chi connectivity index (χ0) is 14.5. The van der Waals surface area contributed by atoms with Gasteiger partial charge in [0.05, 0.1) is 11.4 Å². The molecule has 5 nitrogen and oxygen atoms in total. The maximum absolute atomic E-state index is 9.12. The number of anilines is 2. The highest BCUT2D eigenvalue weighted by molar-refractivity contribution is 5.79. The molecule has 0 saturated carbocycles. The number of rotatable bonds is 2. The molecule has 1 aromatic rings. The summed E-state index contributed by atoms with van der Waals surface area (Å²) in [6, 6.07) is 9.39. The third kappa shape index (κ3) is 2.41. The van der Waals surface area contributed by atoms with Gasteiger partial charge in [-0.2, -0.15) is 15.8 Å².